The van der Waals surface area contributed by atoms with Crippen LogP contribution in [0, 0.1) is 31.0 Å². The number of hydrogen-bond donors (Lipinski definition) is 1. The molecule has 1 N–H and O–H groups in total. The third-order valence-electron chi connectivity index (χ3n) is 6.63. The molecule has 0 aliphatic heterocycles. The van der Waals surface area contributed by atoms with Gasteiger partial charge in [0.25, 0.3) is 5.56 Å². The fraction of sp³-hybridized carbons (Fsp3) is 0.250. The predicted molar refractivity (Wildman–Crippen MR) is 140 cm³/mol. The number of rotatable bonds is 5. The molecule has 8 nitrogen and oxygen atoms in total. The lowest BCUT2D eigenvalue weighted by Crippen LogP contribution is -2.12. The highest BCUT2D eigenvalue weighted by Gasteiger charge is 2.26. The largest absolute Gasteiger partial charge is 0.493 e. The van der Waals surface area contributed by atoms with Gasteiger partial charge in [-0.3, -0.25) is 14.5 Å². The van der Waals surface area contributed by atoms with Crippen molar-refractivity contribution < 1.29 is 9.13 Å². The van der Waals surface area contributed by atoms with Crippen molar-refractivity contribution in [2.24, 2.45) is 7.05 Å². The van der Waals surface area contributed by atoms with Gasteiger partial charge in [-0.1, -0.05) is 6.92 Å². The first-order valence-electron chi connectivity index (χ1n) is 12.0. The van der Waals surface area contributed by atoms with Crippen molar-refractivity contribution in [1.82, 2.24) is 25.0 Å². The quantitative estimate of drug-likeness (QED) is 0.361. The van der Waals surface area contributed by atoms with Crippen molar-refractivity contribution in [3.05, 3.63) is 69.1 Å². The van der Waals surface area contributed by atoms with E-state index in [4.69, 9.17) is 4.74 Å². The third kappa shape index (κ3) is 3.73. The number of hydrogen-bond acceptors (Lipinski definition) is 6. The van der Waals surface area contributed by atoms with E-state index in [2.05, 4.69) is 26.3 Å². The molecule has 0 atom stereocenters. The molecule has 186 valence electrons. The zero-order valence-corrected chi connectivity index (χ0v) is 21.2. The molecule has 3 aromatic heterocycles. The number of pyridine rings is 1. The van der Waals surface area contributed by atoms with E-state index in [-0.39, 0.29) is 16.7 Å². The highest BCUT2D eigenvalue weighted by Crippen LogP contribution is 2.41. The van der Waals surface area contributed by atoms with E-state index in [0.717, 1.165) is 5.56 Å². The zero-order chi connectivity index (χ0) is 26.4. The number of H-pyrrole nitrogens is 1. The van der Waals surface area contributed by atoms with Gasteiger partial charge in [-0.15, -0.1) is 0 Å². The maximum atomic E-state index is 16.1. The minimum atomic E-state index is -0.500. The zero-order valence-electron chi connectivity index (χ0n) is 21.2. The number of nitrogens with one attached hydrogen (secondary N) is 1. The number of benzene rings is 2. The van der Waals surface area contributed by atoms with Gasteiger partial charge >= 0.3 is 0 Å². The third-order valence-corrected chi connectivity index (χ3v) is 6.63. The second kappa shape index (κ2) is 9.13. The molecule has 0 unspecified atom stereocenters. The summed E-state index contributed by atoms with van der Waals surface area (Å²) in [4.78, 5) is 17.2. The number of ether oxygens (including phenoxy) is 1. The summed E-state index contributed by atoms with van der Waals surface area (Å²) in [6.07, 6.45) is 3.88. The summed E-state index contributed by atoms with van der Waals surface area (Å²) in [5, 5.41) is 23.0. The van der Waals surface area contributed by atoms with Crippen LogP contribution in [-0.4, -0.2) is 31.6 Å². The van der Waals surface area contributed by atoms with E-state index in [1.165, 1.54) is 0 Å². The van der Waals surface area contributed by atoms with Gasteiger partial charge in [0.15, 0.2) is 0 Å². The van der Waals surface area contributed by atoms with Gasteiger partial charge in [-0.2, -0.15) is 15.5 Å². The summed E-state index contributed by atoms with van der Waals surface area (Å²) in [5.74, 6) is -0.101. The highest BCUT2D eigenvalue weighted by atomic mass is 19.1. The van der Waals surface area contributed by atoms with Crippen LogP contribution in [0.2, 0.25) is 0 Å². The molecule has 0 saturated heterocycles. The van der Waals surface area contributed by atoms with Gasteiger partial charge in [-0.05, 0) is 62.1 Å². The number of halogens is 1. The van der Waals surface area contributed by atoms with Gasteiger partial charge in [-0.25, -0.2) is 9.49 Å². The lowest BCUT2D eigenvalue weighted by atomic mass is 9.92. The molecule has 5 aromatic rings. The number of aryl methyl sites for hydroxylation is 4. The van der Waals surface area contributed by atoms with Crippen LogP contribution in [0.4, 0.5) is 4.39 Å². The monoisotopic (exact) mass is 496 g/mol. The Morgan fingerprint density at radius 1 is 1.16 bits per heavy atom. The number of aromatic amines is 1. The fourth-order valence-corrected chi connectivity index (χ4v) is 4.87. The summed E-state index contributed by atoms with van der Waals surface area (Å²) in [7, 11) is 1.70. The second-order valence-corrected chi connectivity index (χ2v) is 8.92. The Hall–Kier alpha value is -4.58. The van der Waals surface area contributed by atoms with Gasteiger partial charge < -0.3 is 4.74 Å². The smallest absolute Gasteiger partial charge is 0.275 e. The molecule has 0 fully saturated rings. The second-order valence-electron chi connectivity index (χ2n) is 8.92. The first-order valence-corrected chi connectivity index (χ1v) is 12.0. The summed E-state index contributed by atoms with van der Waals surface area (Å²) < 4.78 is 23.5. The Morgan fingerprint density at radius 3 is 2.65 bits per heavy atom. The minimum Gasteiger partial charge on any atom is -0.493 e. The fourth-order valence-electron chi connectivity index (χ4n) is 4.87. The van der Waals surface area contributed by atoms with Crippen molar-refractivity contribution in [2.45, 2.75) is 34.1 Å². The summed E-state index contributed by atoms with van der Waals surface area (Å²) >= 11 is 0. The van der Waals surface area contributed by atoms with Crippen molar-refractivity contribution >= 4 is 21.7 Å². The van der Waals surface area contributed by atoms with Crippen LogP contribution in [0.25, 0.3) is 44.1 Å². The highest BCUT2D eigenvalue weighted by molar-refractivity contribution is 5.99. The van der Waals surface area contributed by atoms with Crippen LogP contribution in [0.5, 0.6) is 5.75 Å². The van der Waals surface area contributed by atoms with E-state index in [9.17, 15) is 10.1 Å². The van der Waals surface area contributed by atoms with Crippen LogP contribution >= 0.6 is 0 Å². The van der Waals surface area contributed by atoms with Crippen molar-refractivity contribution in [2.75, 3.05) is 6.61 Å². The topological polar surface area (TPSA) is 109 Å². The van der Waals surface area contributed by atoms with Gasteiger partial charge in [0.1, 0.15) is 17.6 Å². The first-order chi connectivity index (χ1) is 17.8. The van der Waals surface area contributed by atoms with E-state index >= 15 is 4.39 Å². The molecule has 9 heteroatoms. The Morgan fingerprint density at radius 2 is 1.95 bits per heavy atom. The molecule has 0 bridgehead atoms. The molecular weight excluding hydrogens is 471 g/mol. The molecular formula is C28H25FN6O2. The van der Waals surface area contributed by atoms with E-state index in [0.29, 0.717) is 68.5 Å². The van der Waals surface area contributed by atoms with Crippen molar-refractivity contribution in [1.29, 1.82) is 5.26 Å². The average Bonchev–Trinajstić information content (AvgIpc) is 3.27. The summed E-state index contributed by atoms with van der Waals surface area (Å²) in [6, 6.07) is 7.62. The van der Waals surface area contributed by atoms with E-state index in [1.54, 1.807) is 37.1 Å². The van der Waals surface area contributed by atoms with Gasteiger partial charge in [0, 0.05) is 29.6 Å². The molecule has 0 amide bonds. The average molecular weight is 497 g/mol. The van der Waals surface area contributed by atoms with Gasteiger partial charge in [0.05, 0.1) is 46.2 Å². The lowest BCUT2D eigenvalue weighted by molar-refractivity contribution is 0.344. The molecule has 0 spiro atoms. The van der Waals surface area contributed by atoms with E-state index < -0.39 is 5.82 Å². The van der Waals surface area contributed by atoms with Crippen LogP contribution in [-0.2, 0) is 13.5 Å². The molecule has 37 heavy (non-hydrogen) atoms. The molecule has 0 aliphatic carbocycles. The Kier molecular flexibility index (Phi) is 5.96. The standard InChI is InChI=1S/C28H25FN6O2/c1-6-21-18-9-16(10-22(37-7-2)23(18)28(36)34-33-21)20-13-32-35(5)27(20)24-19(11-30)26-17(15(4)25(24)29)8-14(3)12-31-26/h8-10,12-13H,6-7H2,1-5H3,(H,34,36). The van der Waals surface area contributed by atoms with Crippen molar-refractivity contribution in [3.8, 4) is 34.2 Å². The van der Waals surface area contributed by atoms with Crippen molar-refractivity contribution in [3.63, 3.8) is 0 Å². The summed E-state index contributed by atoms with van der Waals surface area (Å²) in [6.45, 7) is 7.70. The molecule has 0 saturated carbocycles. The van der Waals surface area contributed by atoms with Crippen LogP contribution in [0.15, 0.2) is 35.4 Å². The van der Waals surface area contributed by atoms with E-state index in [1.807, 2.05) is 32.9 Å². The SMILES string of the molecule is CCOc1cc(-c2cnn(C)c2-c2c(F)c(C)c3cc(C)cnc3c2C#N)cc2c(CC)n[nH]c(=O)c12. The summed E-state index contributed by atoms with van der Waals surface area (Å²) in [5.41, 5.74) is 4.04. The Balaban J connectivity index is 1.88. The van der Waals surface area contributed by atoms with Crippen LogP contribution in [0.3, 0.4) is 0 Å². The maximum absolute atomic E-state index is 16.1. The number of nitriles is 1. The number of nitrogens with zero attached hydrogens (tertiary/aromatic N) is 5. The first kappa shape index (κ1) is 24.1. The minimum absolute atomic E-state index is 0.136. The lowest BCUT2D eigenvalue weighted by Gasteiger charge is -2.16. The number of fused-ring (bicyclic) bond motifs is 2. The predicted octanol–water partition coefficient (Wildman–Crippen LogP) is 5.13. The maximum Gasteiger partial charge on any atom is 0.275 e. The Labute approximate surface area is 212 Å². The molecule has 0 radical (unpaired) electrons. The van der Waals surface area contributed by atoms with Crippen LogP contribution in [0.1, 0.15) is 36.2 Å². The molecule has 2 aromatic carbocycles. The molecule has 0 aliphatic rings. The molecule has 5 rings (SSSR count). The van der Waals surface area contributed by atoms with Crippen LogP contribution < -0.4 is 10.3 Å². The normalized spacial score (nSPS) is 11.3. The molecule has 3 heterocycles. The Bertz CT molecular complexity index is 1810. The van der Waals surface area contributed by atoms with Gasteiger partial charge in [0.2, 0.25) is 0 Å². The number of aromatic nitrogens is 5.